The molecule has 1 aromatic heterocycles. The standard InChI is InChI=1S/C21H20BrN3O4/c1-13-18(20(27)25(24(13)3)15-9-5-4-6-10-15)23-19(26)14(2)29-21(28)16-11-7-8-12-17(16)22/h4-12,14H,1-3H3,(H,23,26). The number of ether oxygens (including phenoxy) is 1. The minimum Gasteiger partial charge on any atom is -0.449 e. The first kappa shape index (κ1) is 20.6. The maximum absolute atomic E-state index is 12.9. The van der Waals surface area contributed by atoms with Crippen LogP contribution in [0.4, 0.5) is 5.69 Å². The zero-order valence-electron chi connectivity index (χ0n) is 16.2. The van der Waals surface area contributed by atoms with Gasteiger partial charge in [-0.1, -0.05) is 30.3 Å². The molecule has 0 aliphatic rings. The molecular weight excluding hydrogens is 438 g/mol. The van der Waals surface area contributed by atoms with Crippen molar-refractivity contribution in [3.63, 3.8) is 0 Å². The Balaban J connectivity index is 1.80. The third-order valence-electron chi connectivity index (χ3n) is 4.55. The predicted octanol–water partition coefficient (Wildman–Crippen LogP) is 3.43. The Kier molecular flexibility index (Phi) is 6.03. The van der Waals surface area contributed by atoms with Gasteiger partial charge in [0.05, 0.1) is 16.9 Å². The molecule has 7 nitrogen and oxygen atoms in total. The monoisotopic (exact) mass is 457 g/mol. The molecule has 0 spiro atoms. The molecule has 1 amide bonds. The van der Waals surface area contributed by atoms with E-state index in [9.17, 15) is 14.4 Å². The molecule has 8 heteroatoms. The molecule has 0 radical (unpaired) electrons. The van der Waals surface area contributed by atoms with Crippen LogP contribution in [0.5, 0.6) is 0 Å². The van der Waals surface area contributed by atoms with Crippen molar-refractivity contribution >= 4 is 33.5 Å². The third-order valence-corrected chi connectivity index (χ3v) is 5.24. The Morgan fingerprint density at radius 1 is 1.07 bits per heavy atom. The number of para-hydroxylation sites is 1. The molecule has 3 rings (SSSR count). The van der Waals surface area contributed by atoms with Crippen molar-refractivity contribution < 1.29 is 14.3 Å². The van der Waals surface area contributed by atoms with Gasteiger partial charge in [-0.25, -0.2) is 9.48 Å². The fourth-order valence-electron chi connectivity index (χ4n) is 2.84. The lowest BCUT2D eigenvalue weighted by Gasteiger charge is -2.13. The van der Waals surface area contributed by atoms with Gasteiger partial charge < -0.3 is 10.1 Å². The third kappa shape index (κ3) is 4.17. The van der Waals surface area contributed by atoms with Crippen LogP contribution in [0, 0.1) is 6.92 Å². The minimum atomic E-state index is -1.08. The molecule has 1 atom stereocenters. The second-order valence-corrected chi connectivity index (χ2v) is 7.31. The number of rotatable bonds is 5. The van der Waals surface area contributed by atoms with Gasteiger partial charge in [-0.05, 0) is 54.0 Å². The molecule has 0 fully saturated rings. The number of esters is 1. The van der Waals surface area contributed by atoms with Gasteiger partial charge in [-0.3, -0.25) is 14.3 Å². The number of nitrogens with one attached hydrogen (secondary N) is 1. The van der Waals surface area contributed by atoms with E-state index in [1.807, 2.05) is 18.2 Å². The SMILES string of the molecule is Cc1c(NC(=O)C(C)OC(=O)c2ccccc2Br)c(=O)n(-c2ccccc2)n1C. The number of hydrogen-bond donors (Lipinski definition) is 1. The van der Waals surface area contributed by atoms with Gasteiger partial charge in [-0.15, -0.1) is 0 Å². The summed E-state index contributed by atoms with van der Waals surface area (Å²) in [5, 5.41) is 2.60. The minimum absolute atomic E-state index is 0.144. The molecule has 2 aromatic carbocycles. The molecule has 1 heterocycles. The Morgan fingerprint density at radius 2 is 1.69 bits per heavy atom. The van der Waals surface area contributed by atoms with Gasteiger partial charge in [0.1, 0.15) is 5.69 Å². The Bertz CT molecular complexity index is 1120. The zero-order chi connectivity index (χ0) is 21.1. The van der Waals surface area contributed by atoms with Gasteiger partial charge in [0.2, 0.25) is 0 Å². The summed E-state index contributed by atoms with van der Waals surface area (Å²) < 4.78 is 8.95. The summed E-state index contributed by atoms with van der Waals surface area (Å²) in [6.45, 7) is 3.19. The summed E-state index contributed by atoms with van der Waals surface area (Å²) in [4.78, 5) is 37.7. The predicted molar refractivity (Wildman–Crippen MR) is 113 cm³/mol. The molecule has 0 saturated carbocycles. The van der Waals surface area contributed by atoms with Crippen LogP contribution in [0.1, 0.15) is 23.0 Å². The zero-order valence-corrected chi connectivity index (χ0v) is 17.8. The summed E-state index contributed by atoms with van der Waals surface area (Å²) in [6, 6.07) is 15.9. The van der Waals surface area contributed by atoms with E-state index in [4.69, 9.17) is 4.74 Å². The highest BCUT2D eigenvalue weighted by Crippen LogP contribution is 2.18. The number of carbonyl (C=O) groups is 2. The lowest BCUT2D eigenvalue weighted by Crippen LogP contribution is -2.32. The fraction of sp³-hybridized carbons (Fsp3) is 0.190. The number of anilines is 1. The highest BCUT2D eigenvalue weighted by molar-refractivity contribution is 9.10. The van der Waals surface area contributed by atoms with Crippen LogP contribution in [-0.4, -0.2) is 27.3 Å². The van der Waals surface area contributed by atoms with Crippen molar-refractivity contribution in [2.24, 2.45) is 7.05 Å². The van der Waals surface area contributed by atoms with Crippen LogP contribution < -0.4 is 10.9 Å². The molecule has 1 unspecified atom stereocenters. The van der Waals surface area contributed by atoms with Crippen LogP contribution in [0.25, 0.3) is 5.69 Å². The van der Waals surface area contributed by atoms with Crippen molar-refractivity contribution in [3.05, 3.63) is 80.7 Å². The number of benzene rings is 2. The molecule has 0 aliphatic heterocycles. The number of aromatic nitrogens is 2. The van der Waals surface area contributed by atoms with Crippen LogP contribution in [0.15, 0.2) is 63.9 Å². The van der Waals surface area contributed by atoms with Gasteiger partial charge in [0, 0.05) is 11.5 Å². The van der Waals surface area contributed by atoms with E-state index < -0.39 is 18.0 Å². The summed E-state index contributed by atoms with van der Waals surface area (Å²) in [6.07, 6.45) is -1.08. The highest BCUT2D eigenvalue weighted by Gasteiger charge is 2.24. The van der Waals surface area contributed by atoms with E-state index in [0.717, 1.165) is 0 Å². The maximum Gasteiger partial charge on any atom is 0.340 e. The van der Waals surface area contributed by atoms with Crippen molar-refractivity contribution in [1.29, 1.82) is 0 Å². The first-order valence-corrected chi connectivity index (χ1v) is 9.71. The van der Waals surface area contributed by atoms with Crippen LogP contribution in [0.2, 0.25) is 0 Å². The summed E-state index contributed by atoms with van der Waals surface area (Å²) >= 11 is 3.28. The van der Waals surface area contributed by atoms with Crippen molar-refractivity contribution in [1.82, 2.24) is 9.36 Å². The second kappa shape index (κ2) is 8.48. The number of amides is 1. The van der Waals surface area contributed by atoms with Crippen LogP contribution >= 0.6 is 15.9 Å². The molecule has 0 aliphatic carbocycles. The highest BCUT2D eigenvalue weighted by atomic mass is 79.9. The van der Waals surface area contributed by atoms with Gasteiger partial charge in [0.15, 0.2) is 6.10 Å². The second-order valence-electron chi connectivity index (χ2n) is 6.45. The fourth-order valence-corrected chi connectivity index (χ4v) is 3.29. The van der Waals surface area contributed by atoms with E-state index in [0.29, 0.717) is 21.4 Å². The van der Waals surface area contributed by atoms with Crippen LogP contribution in [0.3, 0.4) is 0 Å². The lowest BCUT2D eigenvalue weighted by atomic mass is 10.2. The molecule has 29 heavy (non-hydrogen) atoms. The van der Waals surface area contributed by atoms with Crippen molar-refractivity contribution in [2.45, 2.75) is 20.0 Å². The molecule has 1 N–H and O–H groups in total. The Hall–Kier alpha value is -3.13. The molecular formula is C21H20BrN3O4. The molecule has 0 saturated heterocycles. The average Bonchev–Trinajstić information content (AvgIpc) is 2.92. The van der Waals surface area contributed by atoms with Gasteiger partial charge >= 0.3 is 5.97 Å². The first-order chi connectivity index (χ1) is 13.8. The quantitative estimate of drug-likeness (QED) is 0.594. The Labute approximate surface area is 176 Å². The first-order valence-electron chi connectivity index (χ1n) is 8.91. The average molecular weight is 458 g/mol. The summed E-state index contributed by atoms with van der Waals surface area (Å²) in [7, 11) is 1.73. The molecule has 150 valence electrons. The lowest BCUT2D eigenvalue weighted by molar-refractivity contribution is -0.123. The van der Waals surface area contributed by atoms with E-state index in [2.05, 4.69) is 21.2 Å². The van der Waals surface area contributed by atoms with E-state index in [1.165, 1.54) is 11.6 Å². The normalized spacial score (nSPS) is 11.7. The van der Waals surface area contributed by atoms with Gasteiger partial charge in [-0.2, -0.15) is 0 Å². The number of halogens is 1. The molecule has 0 bridgehead atoms. The van der Waals surface area contributed by atoms with E-state index in [1.54, 1.807) is 55.1 Å². The molecule has 3 aromatic rings. The van der Waals surface area contributed by atoms with Crippen molar-refractivity contribution in [3.8, 4) is 5.69 Å². The van der Waals surface area contributed by atoms with E-state index >= 15 is 0 Å². The Morgan fingerprint density at radius 3 is 2.34 bits per heavy atom. The van der Waals surface area contributed by atoms with Gasteiger partial charge in [0.25, 0.3) is 11.5 Å². The summed E-state index contributed by atoms with van der Waals surface area (Å²) in [5.74, 6) is -1.22. The largest absolute Gasteiger partial charge is 0.449 e. The van der Waals surface area contributed by atoms with Crippen molar-refractivity contribution in [2.75, 3.05) is 5.32 Å². The number of carbonyl (C=O) groups excluding carboxylic acids is 2. The van der Waals surface area contributed by atoms with E-state index in [-0.39, 0.29) is 11.2 Å². The number of hydrogen-bond acceptors (Lipinski definition) is 4. The smallest absolute Gasteiger partial charge is 0.340 e. The van der Waals surface area contributed by atoms with Crippen LogP contribution in [-0.2, 0) is 16.6 Å². The summed E-state index contributed by atoms with van der Waals surface area (Å²) in [5.41, 5.74) is 1.35. The maximum atomic E-state index is 12.9. The number of nitrogens with zero attached hydrogens (tertiary/aromatic N) is 2. The topological polar surface area (TPSA) is 82.3 Å².